The molecule has 6 heteroatoms. The average Bonchev–Trinajstić information content (AvgIpc) is 3.13. The van der Waals surface area contributed by atoms with E-state index in [1.807, 2.05) is 35.9 Å². The Labute approximate surface area is 160 Å². The van der Waals surface area contributed by atoms with E-state index in [-0.39, 0.29) is 0 Å². The molecule has 27 heavy (non-hydrogen) atoms. The standard InChI is InChI=1S/C21H27N5O/c1-6-21(5,22-17-11-13-18(14-12-17)27-7-2)20-23-24-25-26(20)19-15(3)9-8-10-16(19)4/h8-14,22H,6-7H2,1-5H3. The summed E-state index contributed by atoms with van der Waals surface area (Å²) < 4.78 is 7.39. The van der Waals surface area contributed by atoms with E-state index >= 15 is 0 Å². The third-order valence-electron chi connectivity index (χ3n) is 4.91. The number of anilines is 1. The zero-order chi connectivity index (χ0) is 19.4. The van der Waals surface area contributed by atoms with E-state index in [1.54, 1.807) is 0 Å². The molecular formula is C21H27N5O. The highest BCUT2D eigenvalue weighted by atomic mass is 16.5. The van der Waals surface area contributed by atoms with Gasteiger partial charge < -0.3 is 10.1 Å². The highest BCUT2D eigenvalue weighted by molar-refractivity contribution is 5.51. The van der Waals surface area contributed by atoms with Crippen LogP contribution in [0, 0.1) is 13.8 Å². The smallest absolute Gasteiger partial charge is 0.181 e. The summed E-state index contributed by atoms with van der Waals surface area (Å²) in [5, 5.41) is 16.3. The van der Waals surface area contributed by atoms with Gasteiger partial charge in [-0.25, -0.2) is 0 Å². The molecule has 0 aliphatic carbocycles. The average molecular weight is 365 g/mol. The highest BCUT2D eigenvalue weighted by Crippen LogP contribution is 2.31. The number of tetrazole rings is 1. The lowest BCUT2D eigenvalue weighted by atomic mass is 9.96. The molecular weight excluding hydrogens is 338 g/mol. The van der Waals surface area contributed by atoms with Gasteiger partial charge in [0.2, 0.25) is 0 Å². The van der Waals surface area contributed by atoms with Crippen molar-refractivity contribution in [1.29, 1.82) is 0 Å². The molecule has 0 aliphatic heterocycles. The number of ether oxygens (including phenoxy) is 1. The molecule has 1 atom stereocenters. The first-order valence-electron chi connectivity index (χ1n) is 9.35. The maximum absolute atomic E-state index is 5.53. The van der Waals surface area contributed by atoms with Crippen LogP contribution in [0.4, 0.5) is 5.69 Å². The van der Waals surface area contributed by atoms with Crippen molar-refractivity contribution in [2.24, 2.45) is 0 Å². The molecule has 3 aromatic rings. The monoisotopic (exact) mass is 365 g/mol. The normalized spacial score (nSPS) is 13.2. The van der Waals surface area contributed by atoms with Crippen molar-refractivity contribution in [2.75, 3.05) is 11.9 Å². The van der Waals surface area contributed by atoms with E-state index < -0.39 is 5.54 Å². The fourth-order valence-electron chi connectivity index (χ4n) is 3.24. The maximum Gasteiger partial charge on any atom is 0.181 e. The number of benzene rings is 2. The van der Waals surface area contributed by atoms with E-state index in [1.165, 1.54) is 0 Å². The molecule has 1 aromatic heterocycles. The summed E-state index contributed by atoms with van der Waals surface area (Å²) in [7, 11) is 0. The molecule has 0 bridgehead atoms. The van der Waals surface area contributed by atoms with Crippen LogP contribution < -0.4 is 10.1 Å². The second-order valence-corrected chi connectivity index (χ2v) is 6.92. The summed E-state index contributed by atoms with van der Waals surface area (Å²) in [6, 6.07) is 14.2. The third-order valence-corrected chi connectivity index (χ3v) is 4.91. The second-order valence-electron chi connectivity index (χ2n) is 6.92. The SMILES string of the molecule is CCOc1ccc(NC(C)(CC)c2nnnn2-c2c(C)cccc2C)cc1. The van der Waals surface area contributed by atoms with Crippen LogP contribution in [0.1, 0.15) is 44.1 Å². The zero-order valence-corrected chi connectivity index (χ0v) is 16.7. The van der Waals surface area contributed by atoms with Crippen molar-refractivity contribution in [3.63, 3.8) is 0 Å². The molecule has 3 rings (SSSR count). The van der Waals surface area contributed by atoms with Gasteiger partial charge in [-0.05, 0) is 79.9 Å². The second kappa shape index (κ2) is 7.78. The van der Waals surface area contributed by atoms with Crippen LogP contribution in [-0.4, -0.2) is 26.8 Å². The number of nitrogens with zero attached hydrogens (tertiary/aromatic N) is 4. The van der Waals surface area contributed by atoms with Gasteiger partial charge in [0, 0.05) is 5.69 Å². The highest BCUT2D eigenvalue weighted by Gasteiger charge is 2.32. The molecule has 6 nitrogen and oxygen atoms in total. The quantitative estimate of drug-likeness (QED) is 0.672. The van der Waals surface area contributed by atoms with Crippen molar-refractivity contribution < 1.29 is 4.74 Å². The van der Waals surface area contributed by atoms with E-state index in [0.717, 1.165) is 40.5 Å². The fourth-order valence-corrected chi connectivity index (χ4v) is 3.24. The zero-order valence-electron chi connectivity index (χ0n) is 16.7. The number of aryl methyl sites for hydroxylation is 2. The van der Waals surface area contributed by atoms with Gasteiger partial charge >= 0.3 is 0 Å². The molecule has 2 aromatic carbocycles. The molecule has 0 radical (unpaired) electrons. The summed E-state index contributed by atoms with van der Waals surface area (Å²) in [5.41, 5.74) is 3.89. The summed E-state index contributed by atoms with van der Waals surface area (Å²) >= 11 is 0. The molecule has 0 fully saturated rings. The number of para-hydroxylation sites is 1. The molecule has 0 spiro atoms. The Balaban J connectivity index is 1.97. The largest absolute Gasteiger partial charge is 0.494 e. The molecule has 1 unspecified atom stereocenters. The van der Waals surface area contributed by atoms with Gasteiger partial charge in [-0.15, -0.1) is 5.10 Å². The lowest BCUT2D eigenvalue weighted by molar-refractivity contribution is 0.340. The molecule has 142 valence electrons. The Bertz CT molecular complexity index is 883. The van der Waals surface area contributed by atoms with Crippen LogP contribution in [0.2, 0.25) is 0 Å². The van der Waals surface area contributed by atoms with Crippen LogP contribution in [-0.2, 0) is 5.54 Å². The van der Waals surface area contributed by atoms with Gasteiger partial charge in [0.25, 0.3) is 0 Å². The number of aromatic nitrogens is 4. The number of hydrogen-bond donors (Lipinski definition) is 1. The Kier molecular flexibility index (Phi) is 5.44. The maximum atomic E-state index is 5.53. The van der Waals surface area contributed by atoms with Gasteiger partial charge in [0.1, 0.15) is 5.75 Å². The molecule has 0 saturated heterocycles. The molecule has 0 saturated carbocycles. The van der Waals surface area contributed by atoms with Crippen molar-refractivity contribution in [3.8, 4) is 11.4 Å². The summed E-state index contributed by atoms with van der Waals surface area (Å²) in [6.45, 7) is 11.1. The van der Waals surface area contributed by atoms with Crippen LogP contribution in [0.3, 0.4) is 0 Å². The third kappa shape index (κ3) is 3.79. The topological polar surface area (TPSA) is 64.9 Å². The van der Waals surface area contributed by atoms with Crippen molar-refractivity contribution in [3.05, 3.63) is 59.4 Å². The van der Waals surface area contributed by atoms with Crippen molar-refractivity contribution in [2.45, 2.75) is 46.6 Å². The number of hydrogen-bond acceptors (Lipinski definition) is 5. The molecule has 1 N–H and O–H groups in total. The number of rotatable bonds is 7. The van der Waals surface area contributed by atoms with Gasteiger partial charge in [-0.2, -0.15) is 4.68 Å². The lowest BCUT2D eigenvalue weighted by Crippen LogP contribution is -2.34. The molecule has 0 amide bonds. The van der Waals surface area contributed by atoms with Gasteiger partial charge in [0.15, 0.2) is 5.82 Å². The van der Waals surface area contributed by atoms with Crippen molar-refractivity contribution in [1.82, 2.24) is 20.2 Å². The lowest BCUT2D eigenvalue weighted by Gasteiger charge is -2.30. The van der Waals surface area contributed by atoms with Gasteiger partial charge in [0.05, 0.1) is 17.8 Å². The predicted octanol–water partition coefficient (Wildman–Crippen LogP) is 4.42. The molecule has 0 aliphatic rings. The Morgan fingerprint density at radius 2 is 1.70 bits per heavy atom. The minimum absolute atomic E-state index is 0.425. The first-order valence-corrected chi connectivity index (χ1v) is 9.35. The van der Waals surface area contributed by atoms with Gasteiger partial charge in [-0.3, -0.25) is 0 Å². The van der Waals surface area contributed by atoms with E-state index in [0.29, 0.717) is 6.61 Å². The Morgan fingerprint density at radius 1 is 1.04 bits per heavy atom. The molecule has 1 heterocycles. The summed E-state index contributed by atoms with van der Waals surface area (Å²) in [6.07, 6.45) is 0.825. The van der Waals surface area contributed by atoms with Crippen LogP contribution in [0.5, 0.6) is 5.75 Å². The van der Waals surface area contributed by atoms with E-state index in [9.17, 15) is 0 Å². The summed E-state index contributed by atoms with van der Waals surface area (Å²) in [5.74, 6) is 1.65. The minimum atomic E-state index is -0.425. The van der Waals surface area contributed by atoms with E-state index in [4.69, 9.17) is 4.74 Å². The predicted molar refractivity (Wildman–Crippen MR) is 108 cm³/mol. The fraction of sp³-hybridized carbons (Fsp3) is 0.381. The Hall–Kier alpha value is -2.89. The van der Waals surface area contributed by atoms with Crippen LogP contribution >= 0.6 is 0 Å². The first kappa shape index (κ1) is 18.9. The first-order chi connectivity index (χ1) is 13.0. The number of nitrogens with one attached hydrogen (secondary N) is 1. The minimum Gasteiger partial charge on any atom is -0.494 e. The van der Waals surface area contributed by atoms with E-state index in [2.05, 4.69) is 66.7 Å². The van der Waals surface area contributed by atoms with Crippen LogP contribution in [0.25, 0.3) is 5.69 Å². The Morgan fingerprint density at radius 3 is 2.30 bits per heavy atom. The van der Waals surface area contributed by atoms with Crippen LogP contribution in [0.15, 0.2) is 42.5 Å². The van der Waals surface area contributed by atoms with Crippen molar-refractivity contribution >= 4 is 5.69 Å². The van der Waals surface area contributed by atoms with Gasteiger partial charge in [-0.1, -0.05) is 25.1 Å². The summed E-state index contributed by atoms with van der Waals surface area (Å²) in [4.78, 5) is 0.